The molecular weight excluding hydrogens is 128 g/mol. The minimum atomic E-state index is 0.272. The van der Waals surface area contributed by atoms with E-state index < -0.39 is 0 Å². The molecule has 2 unspecified atom stereocenters. The second kappa shape index (κ2) is 2.35. The van der Waals surface area contributed by atoms with Crippen molar-refractivity contribution in [3.63, 3.8) is 0 Å². The zero-order chi connectivity index (χ0) is 6.97. The molecule has 2 nitrogen and oxygen atoms in total. The molecule has 0 bridgehead atoms. The Kier molecular flexibility index (Phi) is 1.49. The summed E-state index contributed by atoms with van der Waals surface area (Å²) in [5.41, 5.74) is 0. The van der Waals surface area contributed by atoms with Crippen molar-refractivity contribution in [2.75, 3.05) is 13.2 Å². The normalized spacial score (nSPS) is 39.8. The van der Waals surface area contributed by atoms with E-state index >= 15 is 0 Å². The van der Waals surface area contributed by atoms with Crippen LogP contribution in [0.15, 0.2) is 0 Å². The standard InChI is InChI=1S/C8H12O2/c9-8-3-1-2-6-4-10-5-7(6)8/h6-7H,1-5H2. The number of ketones is 1. The molecule has 0 amide bonds. The Morgan fingerprint density at radius 1 is 1.40 bits per heavy atom. The molecule has 0 radical (unpaired) electrons. The number of hydrogen-bond donors (Lipinski definition) is 0. The Morgan fingerprint density at radius 3 is 3.10 bits per heavy atom. The average Bonchev–Trinajstić information content (AvgIpc) is 2.36. The van der Waals surface area contributed by atoms with E-state index in [1.165, 1.54) is 6.42 Å². The van der Waals surface area contributed by atoms with Gasteiger partial charge in [-0.1, -0.05) is 0 Å². The Morgan fingerprint density at radius 2 is 2.30 bits per heavy atom. The van der Waals surface area contributed by atoms with E-state index in [0.29, 0.717) is 18.3 Å². The van der Waals surface area contributed by atoms with Gasteiger partial charge in [-0.15, -0.1) is 0 Å². The molecule has 2 atom stereocenters. The lowest BCUT2D eigenvalue weighted by atomic mass is 9.81. The third-order valence-corrected chi connectivity index (χ3v) is 2.61. The zero-order valence-corrected chi connectivity index (χ0v) is 6.01. The first-order valence-corrected chi connectivity index (χ1v) is 3.98. The van der Waals surface area contributed by atoms with Gasteiger partial charge in [0.25, 0.3) is 0 Å². The molecule has 2 fully saturated rings. The van der Waals surface area contributed by atoms with E-state index in [1.54, 1.807) is 0 Å². The van der Waals surface area contributed by atoms with Crippen molar-refractivity contribution in [1.29, 1.82) is 0 Å². The minimum Gasteiger partial charge on any atom is -0.380 e. The van der Waals surface area contributed by atoms with Gasteiger partial charge in [-0.2, -0.15) is 0 Å². The summed E-state index contributed by atoms with van der Waals surface area (Å²) in [6, 6.07) is 0. The number of rotatable bonds is 0. The van der Waals surface area contributed by atoms with E-state index in [0.717, 1.165) is 19.4 Å². The van der Waals surface area contributed by atoms with Gasteiger partial charge in [0.15, 0.2) is 0 Å². The van der Waals surface area contributed by atoms with Crippen LogP contribution in [0.4, 0.5) is 0 Å². The molecule has 1 aliphatic carbocycles. The quantitative estimate of drug-likeness (QED) is 0.501. The highest BCUT2D eigenvalue weighted by molar-refractivity contribution is 5.82. The maximum absolute atomic E-state index is 11.2. The van der Waals surface area contributed by atoms with Gasteiger partial charge < -0.3 is 4.74 Å². The van der Waals surface area contributed by atoms with Crippen LogP contribution in [0.2, 0.25) is 0 Å². The molecule has 0 aromatic rings. The number of Topliss-reactive ketones (excluding diaryl/α,β-unsaturated/α-hetero) is 1. The van der Waals surface area contributed by atoms with Gasteiger partial charge in [0.05, 0.1) is 13.2 Å². The van der Waals surface area contributed by atoms with Crippen molar-refractivity contribution < 1.29 is 9.53 Å². The topological polar surface area (TPSA) is 26.3 Å². The predicted molar refractivity (Wildman–Crippen MR) is 36.7 cm³/mol. The van der Waals surface area contributed by atoms with Crippen molar-refractivity contribution >= 4 is 5.78 Å². The molecule has 56 valence electrons. The van der Waals surface area contributed by atoms with Gasteiger partial charge >= 0.3 is 0 Å². The van der Waals surface area contributed by atoms with Crippen LogP contribution in [0, 0.1) is 11.8 Å². The van der Waals surface area contributed by atoms with Crippen LogP contribution < -0.4 is 0 Å². The van der Waals surface area contributed by atoms with Crippen LogP contribution in [0.1, 0.15) is 19.3 Å². The molecular formula is C8H12O2. The summed E-state index contributed by atoms with van der Waals surface area (Å²) >= 11 is 0. The Balaban J connectivity index is 2.10. The monoisotopic (exact) mass is 140 g/mol. The molecule has 1 saturated carbocycles. The molecule has 0 N–H and O–H groups in total. The number of fused-ring (bicyclic) bond motifs is 1. The summed E-state index contributed by atoms with van der Waals surface area (Å²) in [7, 11) is 0. The third kappa shape index (κ3) is 0.870. The van der Waals surface area contributed by atoms with Gasteiger partial charge in [-0.3, -0.25) is 4.79 Å². The lowest BCUT2D eigenvalue weighted by molar-refractivity contribution is -0.125. The highest BCUT2D eigenvalue weighted by atomic mass is 16.5. The summed E-state index contributed by atoms with van der Waals surface area (Å²) in [4.78, 5) is 11.2. The smallest absolute Gasteiger partial charge is 0.138 e. The predicted octanol–water partition coefficient (Wildman–Crippen LogP) is 1.00. The summed E-state index contributed by atoms with van der Waals surface area (Å²) in [5, 5.41) is 0. The van der Waals surface area contributed by atoms with Crippen LogP contribution in [0.25, 0.3) is 0 Å². The molecule has 0 spiro atoms. The fourth-order valence-corrected chi connectivity index (χ4v) is 1.96. The Bertz CT molecular complexity index is 153. The first-order valence-electron chi connectivity index (χ1n) is 3.98. The molecule has 2 rings (SSSR count). The maximum Gasteiger partial charge on any atom is 0.138 e. The molecule has 1 aliphatic heterocycles. The van der Waals surface area contributed by atoms with Crippen LogP contribution >= 0.6 is 0 Å². The van der Waals surface area contributed by atoms with Crippen molar-refractivity contribution in [3.05, 3.63) is 0 Å². The van der Waals surface area contributed by atoms with Crippen LogP contribution in [0.3, 0.4) is 0 Å². The molecule has 2 heteroatoms. The Labute approximate surface area is 60.6 Å². The third-order valence-electron chi connectivity index (χ3n) is 2.61. The first kappa shape index (κ1) is 6.35. The average molecular weight is 140 g/mol. The van der Waals surface area contributed by atoms with Crippen LogP contribution in [-0.2, 0) is 9.53 Å². The van der Waals surface area contributed by atoms with E-state index in [9.17, 15) is 4.79 Å². The minimum absolute atomic E-state index is 0.272. The number of ether oxygens (including phenoxy) is 1. The molecule has 0 aromatic heterocycles. The Hall–Kier alpha value is -0.370. The second-order valence-corrected chi connectivity index (χ2v) is 3.26. The van der Waals surface area contributed by atoms with E-state index in [2.05, 4.69) is 0 Å². The maximum atomic E-state index is 11.2. The van der Waals surface area contributed by atoms with Gasteiger partial charge in [0, 0.05) is 12.3 Å². The van der Waals surface area contributed by atoms with Crippen molar-refractivity contribution in [1.82, 2.24) is 0 Å². The number of carbonyl (C=O) groups excluding carboxylic acids is 1. The highest BCUT2D eigenvalue weighted by Crippen LogP contribution is 2.31. The van der Waals surface area contributed by atoms with Gasteiger partial charge in [0.2, 0.25) is 0 Å². The molecule has 1 saturated heterocycles. The summed E-state index contributed by atoms with van der Waals surface area (Å²) in [6.45, 7) is 1.53. The lowest BCUT2D eigenvalue weighted by Gasteiger charge is -2.20. The second-order valence-electron chi connectivity index (χ2n) is 3.26. The first-order chi connectivity index (χ1) is 4.88. The molecule has 1 heterocycles. The SMILES string of the molecule is O=C1CCCC2COCC12. The summed E-state index contributed by atoms with van der Waals surface area (Å²) in [5.74, 6) is 1.28. The molecule has 2 aliphatic rings. The van der Waals surface area contributed by atoms with Gasteiger partial charge in [-0.25, -0.2) is 0 Å². The summed E-state index contributed by atoms with van der Waals surface area (Å²) in [6.07, 6.45) is 3.09. The van der Waals surface area contributed by atoms with Crippen molar-refractivity contribution in [2.24, 2.45) is 11.8 Å². The fourth-order valence-electron chi connectivity index (χ4n) is 1.96. The van der Waals surface area contributed by atoms with Crippen LogP contribution in [-0.4, -0.2) is 19.0 Å². The molecule has 10 heavy (non-hydrogen) atoms. The van der Waals surface area contributed by atoms with Crippen molar-refractivity contribution in [2.45, 2.75) is 19.3 Å². The van der Waals surface area contributed by atoms with E-state index in [4.69, 9.17) is 4.74 Å². The lowest BCUT2D eigenvalue weighted by Crippen LogP contribution is -2.26. The van der Waals surface area contributed by atoms with Crippen LogP contribution in [0.5, 0.6) is 0 Å². The van der Waals surface area contributed by atoms with Gasteiger partial charge in [-0.05, 0) is 18.8 Å². The van der Waals surface area contributed by atoms with E-state index in [1.807, 2.05) is 0 Å². The fraction of sp³-hybridized carbons (Fsp3) is 0.875. The largest absolute Gasteiger partial charge is 0.380 e. The summed E-state index contributed by atoms with van der Waals surface area (Å²) < 4.78 is 5.24. The van der Waals surface area contributed by atoms with Gasteiger partial charge in [0.1, 0.15) is 5.78 Å². The zero-order valence-electron chi connectivity index (χ0n) is 6.01. The molecule has 0 aromatic carbocycles. The number of hydrogen-bond acceptors (Lipinski definition) is 2. The van der Waals surface area contributed by atoms with E-state index in [-0.39, 0.29) is 5.92 Å². The van der Waals surface area contributed by atoms with Crippen molar-refractivity contribution in [3.8, 4) is 0 Å². The highest BCUT2D eigenvalue weighted by Gasteiger charge is 2.35. The number of carbonyl (C=O) groups is 1.